The van der Waals surface area contributed by atoms with Gasteiger partial charge in [0.2, 0.25) is 0 Å². The lowest BCUT2D eigenvalue weighted by Crippen LogP contribution is -2.26. The summed E-state index contributed by atoms with van der Waals surface area (Å²) in [6, 6.07) is 11.0. The predicted octanol–water partition coefficient (Wildman–Crippen LogP) is 3.55. The first-order chi connectivity index (χ1) is 12.0. The standard InChI is InChI=1S/C20H27N3O2/c1-14(2)23(4)20-8-5-16(13-22-20)12-21-15(3)17-6-7-18-19(11-17)25-10-9-24-18/h5-8,11,13-15,21H,9-10,12H2,1-4H3. The van der Waals surface area contributed by atoms with Crippen LogP contribution < -0.4 is 19.7 Å². The molecule has 5 heteroatoms. The highest BCUT2D eigenvalue weighted by atomic mass is 16.6. The van der Waals surface area contributed by atoms with E-state index in [1.54, 1.807) is 0 Å². The molecule has 0 spiro atoms. The number of pyridine rings is 1. The molecule has 2 aromatic rings. The molecule has 1 unspecified atom stereocenters. The van der Waals surface area contributed by atoms with E-state index in [0.29, 0.717) is 19.3 Å². The molecule has 0 saturated carbocycles. The van der Waals surface area contributed by atoms with Crippen LogP contribution in [0.25, 0.3) is 0 Å². The van der Waals surface area contributed by atoms with Crippen LogP contribution in [-0.2, 0) is 6.54 Å². The van der Waals surface area contributed by atoms with E-state index in [1.807, 2.05) is 12.3 Å². The Morgan fingerprint density at radius 2 is 1.84 bits per heavy atom. The SMILES string of the molecule is CC(NCc1ccc(N(C)C(C)C)nc1)c1ccc2c(c1)OCCO2. The molecular formula is C20H27N3O2. The van der Waals surface area contributed by atoms with Crippen LogP contribution in [0, 0.1) is 0 Å². The van der Waals surface area contributed by atoms with Crippen molar-refractivity contribution in [2.75, 3.05) is 25.2 Å². The van der Waals surface area contributed by atoms with Gasteiger partial charge in [-0.05, 0) is 50.1 Å². The molecule has 0 radical (unpaired) electrons. The van der Waals surface area contributed by atoms with E-state index < -0.39 is 0 Å². The summed E-state index contributed by atoms with van der Waals surface area (Å²) in [5, 5.41) is 3.54. The van der Waals surface area contributed by atoms with Gasteiger partial charge in [0.25, 0.3) is 0 Å². The molecule has 0 aliphatic carbocycles. The highest BCUT2D eigenvalue weighted by molar-refractivity contribution is 5.44. The van der Waals surface area contributed by atoms with E-state index in [9.17, 15) is 0 Å². The number of anilines is 1. The molecule has 1 aromatic heterocycles. The van der Waals surface area contributed by atoms with Gasteiger partial charge in [-0.25, -0.2) is 4.98 Å². The maximum absolute atomic E-state index is 5.66. The van der Waals surface area contributed by atoms with Gasteiger partial charge in [-0.1, -0.05) is 12.1 Å². The van der Waals surface area contributed by atoms with E-state index in [1.165, 1.54) is 11.1 Å². The summed E-state index contributed by atoms with van der Waals surface area (Å²) < 4.78 is 11.2. The van der Waals surface area contributed by atoms with Crippen molar-refractivity contribution < 1.29 is 9.47 Å². The third-order valence-corrected chi connectivity index (χ3v) is 4.62. The number of hydrogen-bond acceptors (Lipinski definition) is 5. The summed E-state index contributed by atoms with van der Waals surface area (Å²) >= 11 is 0. The third kappa shape index (κ3) is 4.23. The van der Waals surface area contributed by atoms with Gasteiger partial charge >= 0.3 is 0 Å². The number of hydrogen-bond donors (Lipinski definition) is 1. The van der Waals surface area contributed by atoms with Gasteiger partial charge in [-0.2, -0.15) is 0 Å². The van der Waals surface area contributed by atoms with Crippen molar-refractivity contribution in [3.05, 3.63) is 47.7 Å². The summed E-state index contributed by atoms with van der Waals surface area (Å²) in [4.78, 5) is 6.72. The molecule has 0 amide bonds. The fraction of sp³-hybridized carbons (Fsp3) is 0.450. The largest absolute Gasteiger partial charge is 0.486 e. The van der Waals surface area contributed by atoms with Crippen LogP contribution in [0.2, 0.25) is 0 Å². The fourth-order valence-electron chi connectivity index (χ4n) is 2.71. The molecule has 1 aromatic carbocycles. The van der Waals surface area contributed by atoms with Crippen molar-refractivity contribution in [1.82, 2.24) is 10.3 Å². The summed E-state index contributed by atoms with van der Waals surface area (Å²) in [6.45, 7) is 8.47. The fourth-order valence-corrected chi connectivity index (χ4v) is 2.71. The van der Waals surface area contributed by atoms with Gasteiger partial charge in [-0.3, -0.25) is 0 Å². The molecule has 0 fully saturated rings. The van der Waals surface area contributed by atoms with E-state index >= 15 is 0 Å². The minimum absolute atomic E-state index is 0.217. The molecule has 1 aliphatic heterocycles. The summed E-state index contributed by atoms with van der Waals surface area (Å²) in [6.07, 6.45) is 1.94. The van der Waals surface area contributed by atoms with Crippen molar-refractivity contribution in [3.63, 3.8) is 0 Å². The number of rotatable bonds is 6. The Bertz CT molecular complexity index is 701. The van der Waals surface area contributed by atoms with Gasteiger partial charge in [0.05, 0.1) is 0 Å². The highest BCUT2D eigenvalue weighted by Crippen LogP contribution is 2.32. The van der Waals surface area contributed by atoms with Gasteiger partial charge in [-0.15, -0.1) is 0 Å². The Labute approximate surface area is 150 Å². The summed E-state index contributed by atoms with van der Waals surface area (Å²) in [5.41, 5.74) is 2.36. The van der Waals surface area contributed by atoms with Crippen LogP contribution >= 0.6 is 0 Å². The second kappa shape index (κ2) is 7.74. The maximum atomic E-state index is 5.66. The first-order valence-electron chi connectivity index (χ1n) is 8.85. The van der Waals surface area contributed by atoms with Gasteiger partial charge in [0, 0.05) is 31.9 Å². The topological polar surface area (TPSA) is 46.6 Å². The minimum Gasteiger partial charge on any atom is -0.486 e. The van der Waals surface area contributed by atoms with Crippen LogP contribution in [0.1, 0.15) is 37.9 Å². The Hall–Kier alpha value is -2.27. The first kappa shape index (κ1) is 17.5. The van der Waals surface area contributed by atoms with Gasteiger partial charge < -0.3 is 19.7 Å². The molecule has 1 N–H and O–H groups in total. The normalized spacial score (nSPS) is 14.4. The Balaban J connectivity index is 1.59. The zero-order chi connectivity index (χ0) is 17.8. The van der Waals surface area contributed by atoms with Crippen LogP contribution in [0.5, 0.6) is 11.5 Å². The van der Waals surface area contributed by atoms with Crippen LogP contribution in [0.15, 0.2) is 36.5 Å². The van der Waals surface area contributed by atoms with Gasteiger partial charge in [0.15, 0.2) is 11.5 Å². The number of nitrogens with one attached hydrogen (secondary N) is 1. The van der Waals surface area contributed by atoms with Crippen LogP contribution in [0.4, 0.5) is 5.82 Å². The smallest absolute Gasteiger partial charge is 0.161 e. The number of nitrogens with zero attached hydrogens (tertiary/aromatic N) is 2. The molecule has 1 aliphatic rings. The average Bonchev–Trinajstić information content (AvgIpc) is 2.65. The van der Waals surface area contributed by atoms with E-state index in [4.69, 9.17) is 9.47 Å². The summed E-state index contributed by atoms with van der Waals surface area (Å²) in [5.74, 6) is 2.66. The second-order valence-corrected chi connectivity index (χ2v) is 6.73. The van der Waals surface area contributed by atoms with Crippen molar-refractivity contribution >= 4 is 5.82 Å². The molecule has 0 saturated heterocycles. The molecule has 5 nitrogen and oxygen atoms in total. The Kier molecular flexibility index (Phi) is 5.43. The first-order valence-corrected chi connectivity index (χ1v) is 8.85. The molecular weight excluding hydrogens is 314 g/mol. The number of ether oxygens (including phenoxy) is 2. The molecule has 134 valence electrons. The molecule has 1 atom stereocenters. The average molecular weight is 341 g/mol. The van der Waals surface area contributed by atoms with E-state index in [-0.39, 0.29) is 6.04 Å². The maximum Gasteiger partial charge on any atom is 0.161 e. The van der Waals surface area contributed by atoms with Gasteiger partial charge in [0.1, 0.15) is 19.0 Å². The predicted molar refractivity (Wildman–Crippen MR) is 100 cm³/mol. The minimum atomic E-state index is 0.217. The van der Waals surface area contributed by atoms with Crippen molar-refractivity contribution in [2.45, 2.75) is 39.4 Å². The number of fused-ring (bicyclic) bond motifs is 1. The molecule has 2 heterocycles. The van der Waals surface area contributed by atoms with E-state index in [0.717, 1.165) is 23.9 Å². The van der Waals surface area contributed by atoms with Crippen LogP contribution in [0.3, 0.4) is 0 Å². The molecule has 3 rings (SSSR count). The molecule has 0 bridgehead atoms. The Morgan fingerprint density at radius 3 is 2.52 bits per heavy atom. The van der Waals surface area contributed by atoms with Crippen LogP contribution in [-0.4, -0.2) is 31.3 Å². The summed E-state index contributed by atoms with van der Waals surface area (Å²) in [7, 11) is 2.06. The van der Waals surface area contributed by atoms with E-state index in [2.05, 4.69) is 67.3 Å². The highest BCUT2D eigenvalue weighted by Gasteiger charge is 2.14. The Morgan fingerprint density at radius 1 is 1.08 bits per heavy atom. The number of benzene rings is 1. The second-order valence-electron chi connectivity index (χ2n) is 6.73. The monoisotopic (exact) mass is 341 g/mol. The quantitative estimate of drug-likeness (QED) is 0.871. The van der Waals surface area contributed by atoms with Crippen molar-refractivity contribution in [2.24, 2.45) is 0 Å². The zero-order valence-electron chi connectivity index (χ0n) is 15.5. The van der Waals surface area contributed by atoms with Crippen molar-refractivity contribution in [3.8, 4) is 11.5 Å². The lowest BCUT2D eigenvalue weighted by molar-refractivity contribution is 0.171. The molecule has 25 heavy (non-hydrogen) atoms. The van der Waals surface area contributed by atoms with Crippen molar-refractivity contribution in [1.29, 1.82) is 0 Å². The lowest BCUT2D eigenvalue weighted by Gasteiger charge is -2.23. The third-order valence-electron chi connectivity index (χ3n) is 4.62. The zero-order valence-corrected chi connectivity index (χ0v) is 15.5. The lowest BCUT2D eigenvalue weighted by atomic mass is 10.1. The number of aromatic nitrogens is 1.